The first-order valence-electron chi connectivity index (χ1n) is 28.9. The van der Waals surface area contributed by atoms with Crippen LogP contribution in [0.3, 0.4) is 0 Å². The highest BCUT2D eigenvalue weighted by Gasteiger charge is 2.17. The number of carbonyl (C=O) groups excluding carboxylic acids is 1. The van der Waals surface area contributed by atoms with Gasteiger partial charge in [0.05, 0.1) is 18.8 Å². The van der Waals surface area contributed by atoms with Gasteiger partial charge in [-0.05, 0) is 109 Å². The number of aliphatic hydroxyl groups excluding tert-OH is 2. The molecule has 0 rings (SSSR count). The molecule has 0 aromatic rings. The molecule has 0 aliphatic carbocycles. The van der Waals surface area contributed by atoms with Gasteiger partial charge in [0.2, 0.25) is 5.91 Å². The van der Waals surface area contributed by atoms with E-state index in [1.54, 1.807) is 6.08 Å². The molecular formula is C65H109NO3. The van der Waals surface area contributed by atoms with Crippen molar-refractivity contribution in [2.24, 2.45) is 0 Å². The number of nitrogens with one attached hydrogen (secondary N) is 1. The highest BCUT2D eigenvalue weighted by atomic mass is 16.3. The molecule has 0 bridgehead atoms. The van der Waals surface area contributed by atoms with Gasteiger partial charge in [-0.2, -0.15) is 0 Å². The van der Waals surface area contributed by atoms with E-state index >= 15 is 0 Å². The lowest BCUT2D eigenvalue weighted by Gasteiger charge is -2.19. The monoisotopic (exact) mass is 952 g/mol. The van der Waals surface area contributed by atoms with E-state index in [0.717, 1.165) is 103 Å². The zero-order chi connectivity index (χ0) is 49.9. The average Bonchev–Trinajstić information content (AvgIpc) is 3.35. The van der Waals surface area contributed by atoms with Crippen LogP contribution in [0, 0.1) is 0 Å². The van der Waals surface area contributed by atoms with Crippen molar-refractivity contribution in [3.05, 3.63) is 134 Å². The van der Waals surface area contributed by atoms with Gasteiger partial charge in [0.25, 0.3) is 0 Å². The van der Waals surface area contributed by atoms with Gasteiger partial charge in [0, 0.05) is 6.42 Å². The summed E-state index contributed by atoms with van der Waals surface area (Å²) in [4.78, 5) is 12.5. The minimum absolute atomic E-state index is 0.0972. The average molecular weight is 953 g/mol. The van der Waals surface area contributed by atoms with E-state index in [1.807, 2.05) is 6.08 Å². The molecule has 0 aliphatic rings. The van der Waals surface area contributed by atoms with Crippen LogP contribution in [0.4, 0.5) is 0 Å². The van der Waals surface area contributed by atoms with Gasteiger partial charge in [0.1, 0.15) is 0 Å². The Hall–Kier alpha value is -3.47. The Labute approximate surface area is 428 Å². The number of carbonyl (C=O) groups is 1. The van der Waals surface area contributed by atoms with E-state index in [1.165, 1.54) is 128 Å². The number of aliphatic hydroxyl groups is 2. The number of rotatable bonds is 51. The van der Waals surface area contributed by atoms with Crippen molar-refractivity contribution in [2.45, 2.75) is 264 Å². The molecule has 0 aliphatic heterocycles. The van der Waals surface area contributed by atoms with Crippen molar-refractivity contribution in [3.63, 3.8) is 0 Å². The van der Waals surface area contributed by atoms with Crippen molar-refractivity contribution >= 4 is 5.91 Å². The molecule has 4 nitrogen and oxygen atoms in total. The van der Waals surface area contributed by atoms with Crippen molar-refractivity contribution in [1.29, 1.82) is 0 Å². The predicted octanol–water partition coefficient (Wildman–Crippen LogP) is 19.4. The third-order valence-electron chi connectivity index (χ3n) is 12.3. The van der Waals surface area contributed by atoms with Gasteiger partial charge in [-0.1, -0.05) is 270 Å². The minimum Gasteiger partial charge on any atom is -0.394 e. The summed E-state index contributed by atoms with van der Waals surface area (Å²) in [5.41, 5.74) is 0. The molecule has 69 heavy (non-hydrogen) atoms. The predicted molar refractivity (Wildman–Crippen MR) is 308 cm³/mol. The van der Waals surface area contributed by atoms with Crippen LogP contribution in [0.1, 0.15) is 251 Å². The van der Waals surface area contributed by atoms with Crippen LogP contribution >= 0.6 is 0 Å². The molecule has 0 spiro atoms. The lowest BCUT2D eigenvalue weighted by Crippen LogP contribution is -2.45. The first kappa shape index (κ1) is 65.5. The molecule has 0 radical (unpaired) electrons. The number of hydrogen-bond donors (Lipinski definition) is 3. The van der Waals surface area contributed by atoms with Crippen LogP contribution in [0.25, 0.3) is 0 Å². The van der Waals surface area contributed by atoms with Gasteiger partial charge in [-0.15, -0.1) is 0 Å². The van der Waals surface area contributed by atoms with E-state index in [2.05, 4.69) is 141 Å². The molecule has 0 heterocycles. The maximum absolute atomic E-state index is 12.5. The quantitative estimate of drug-likeness (QED) is 0.0420. The largest absolute Gasteiger partial charge is 0.394 e. The summed E-state index contributed by atoms with van der Waals surface area (Å²) in [6.45, 7) is 4.18. The number of allylic oxidation sites excluding steroid dienone is 21. The minimum atomic E-state index is -0.888. The van der Waals surface area contributed by atoms with Crippen molar-refractivity contribution in [3.8, 4) is 0 Å². The molecule has 2 atom stereocenters. The first-order chi connectivity index (χ1) is 34.2. The van der Waals surface area contributed by atoms with E-state index in [9.17, 15) is 15.0 Å². The van der Waals surface area contributed by atoms with E-state index in [0.29, 0.717) is 6.42 Å². The third-order valence-corrected chi connectivity index (χ3v) is 12.3. The lowest BCUT2D eigenvalue weighted by molar-refractivity contribution is -0.123. The first-order valence-corrected chi connectivity index (χ1v) is 28.9. The second-order valence-corrected chi connectivity index (χ2v) is 19.0. The van der Waals surface area contributed by atoms with Crippen LogP contribution < -0.4 is 5.32 Å². The molecule has 0 aromatic carbocycles. The van der Waals surface area contributed by atoms with E-state index < -0.39 is 12.1 Å². The Bertz CT molecular complexity index is 1400. The maximum Gasteiger partial charge on any atom is 0.220 e. The highest BCUT2D eigenvalue weighted by Crippen LogP contribution is 2.15. The molecule has 0 fully saturated rings. The second kappa shape index (κ2) is 58.8. The molecule has 0 aromatic heterocycles. The van der Waals surface area contributed by atoms with Crippen molar-refractivity contribution in [1.82, 2.24) is 5.32 Å². The Morgan fingerprint density at radius 2 is 0.652 bits per heavy atom. The number of amides is 1. The fourth-order valence-corrected chi connectivity index (χ4v) is 7.99. The summed E-state index contributed by atoms with van der Waals surface area (Å²) in [7, 11) is 0. The Morgan fingerprint density at radius 1 is 0.362 bits per heavy atom. The lowest BCUT2D eigenvalue weighted by atomic mass is 10.0. The summed E-state index contributed by atoms with van der Waals surface area (Å²) in [6, 6.07) is -0.665. The highest BCUT2D eigenvalue weighted by molar-refractivity contribution is 5.76. The van der Waals surface area contributed by atoms with Crippen LogP contribution in [0.5, 0.6) is 0 Å². The number of hydrogen-bond acceptors (Lipinski definition) is 3. The molecule has 2 unspecified atom stereocenters. The third kappa shape index (κ3) is 55.3. The molecule has 1 amide bonds. The molecule has 3 N–H and O–H groups in total. The van der Waals surface area contributed by atoms with Crippen LogP contribution in [-0.4, -0.2) is 34.9 Å². The Balaban J connectivity index is 3.68. The van der Waals surface area contributed by atoms with Crippen LogP contribution in [0.15, 0.2) is 134 Å². The fourth-order valence-electron chi connectivity index (χ4n) is 7.99. The molecule has 0 saturated heterocycles. The van der Waals surface area contributed by atoms with Crippen LogP contribution in [0.2, 0.25) is 0 Å². The summed E-state index contributed by atoms with van der Waals surface area (Å²) in [5, 5.41) is 23.1. The van der Waals surface area contributed by atoms with Gasteiger partial charge < -0.3 is 15.5 Å². The summed E-state index contributed by atoms with van der Waals surface area (Å²) in [6.07, 6.45) is 91.8. The smallest absolute Gasteiger partial charge is 0.220 e. The summed E-state index contributed by atoms with van der Waals surface area (Å²) < 4.78 is 0. The fraction of sp³-hybridized carbons (Fsp3) is 0.646. The molecule has 0 saturated carbocycles. The van der Waals surface area contributed by atoms with Crippen molar-refractivity contribution < 1.29 is 15.0 Å². The molecule has 392 valence electrons. The standard InChI is InChI=1S/C65H109NO3/c1-3-5-7-9-11-13-15-17-19-21-23-25-27-29-31-32-33-34-35-37-39-41-43-45-47-49-51-53-55-57-59-61-65(69)66-63(62-67)64(68)60-58-56-54-52-50-48-46-44-42-40-38-36-30-28-26-24-22-20-18-16-14-12-10-8-6-4-2/h5,7,11,13,17,19,23,25,29,31,33-34,37,39,42-45,50,52,58,60,63-64,67-68H,3-4,6,8-10,12,14-16,18,20-22,24,26-28,30,32,35-36,38,40-41,46-49,51,53-57,59,61-62H2,1-2H3,(H,66,69)/b7-5-,13-11-,19-17-,25-23-,31-29-,34-33-,39-37-,44-42+,45-43-,52-50+,60-58+. The van der Waals surface area contributed by atoms with Gasteiger partial charge in [-0.3, -0.25) is 4.79 Å². The SMILES string of the molecule is CC/C=C\C/C=C\C/C=C\C/C=C\C/C=C\C/C=C\C/C=C\C/C=C\CCCCCCCCC(=O)NC(CO)C(O)/C=C/CC/C=C/CC/C=C/CCCCCCCCCCCCCCCCCC. The maximum atomic E-state index is 12.5. The van der Waals surface area contributed by atoms with E-state index in [4.69, 9.17) is 0 Å². The number of unbranched alkanes of at least 4 members (excludes halogenated alkanes) is 24. The second-order valence-electron chi connectivity index (χ2n) is 19.0. The molecular weight excluding hydrogens is 843 g/mol. The van der Waals surface area contributed by atoms with E-state index in [-0.39, 0.29) is 12.5 Å². The van der Waals surface area contributed by atoms with Gasteiger partial charge in [0.15, 0.2) is 0 Å². The Morgan fingerprint density at radius 3 is 1.01 bits per heavy atom. The molecule has 4 heteroatoms. The zero-order valence-electron chi connectivity index (χ0n) is 45.0. The Kier molecular flexibility index (Phi) is 55.9. The topological polar surface area (TPSA) is 69.6 Å². The zero-order valence-corrected chi connectivity index (χ0v) is 45.0. The van der Waals surface area contributed by atoms with Crippen LogP contribution in [-0.2, 0) is 4.79 Å². The summed E-state index contributed by atoms with van der Waals surface area (Å²) in [5.74, 6) is -0.0972. The van der Waals surface area contributed by atoms with Gasteiger partial charge in [-0.25, -0.2) is 0 Å². The van der Waals surface area contributed by atoms with Crippen molar-refractivity contribution in [2.75, 3.05) is 6.61 Å². The normalized spacial score (nSPS) is 13.9. The van der Waals surface area contributed by atoms with Gasteiger partial charge >= 0.3 is 0 Å². The summed E-state index contributed by atoms with van der Waals surface area (Å²) >= 11 is 0.